The first-order valence-corrected chi connectivity index (χ1v) is 13.5. The van der Waals surface area contributed by atoms with Crippen molar-refractivity contribution in [2.45, 2.75) is 88.9 Å². The van der Waals surface area contributed by atoms with Crippen LogP contribution in [0.1, 0.15) is 77.2 Å². The third-order valence-corrected chi connectivity index (χ3v) is 7.20. The van der Waals surface area contributed by atoms with Crippen molar-refractivity contribution in [2.75, 3.05) is 13.1 Å². The maximum Gasteiger partial charge on any atom is 0.407 e. The summed E-state index contributed by atoms with van der Waals surface area (Å²) in [6.07, 6.45) is 4.95. The van der Waals surface area contributed by atoms with Gasteiger partial charge in [0.2, 0.25) is 5.91 Å². The smallest absolute Gasteiger partial charge is 0.407 e. The van der Waals surface area contributed by atoms with Crippen LogP contribution < -0.4 is 10.1 Å². The van der Waals surface area contributed by atoms with Gasteiger partial charge >= 0.3 is 6.09 Å². The predicted molar refractivity (Wildman–Crippen MR) is 143 cm³/mol. The van der Waals surface area contributed by atoms with E-state index in [4.69, 9.17) is 9.47 Å². The van der Waals surface area contributed by atoms with Gasteiger partial charge in [0.15, 0.2) is 0 Å². The summed E-state index contributed by atoms with van der Waals surface area (Å²) in [6, 6.07) is 17.1. The van der Waals surface area contributed by atoms with Gasteiger partial charge in [-0.05, 0) is 76.3 Å². The predicted octanol–water partition coefficient (Wildman–Crippen LogP) is 5.77. The summed E-state index contributed by atoms with van der Waals surface area (Å²) in [7, 11) is 0. The number of nitrogens with one attached hydrogen (secondary N) is 1. The average Bonchev–Trinajstić information content (AvgIpc) is 2.84. The lowest BCUT2D eigenvalue weighted by molar-refractivity contribution is -0.142. The number of aliphatic hydroxyl groups is 1. The number of rotatable bonds is 6. The molecule has 2 fully saturated rings. The van der Waals surface area contributed by atoms with Crippen LogP contribution in [0.15, 0.2) is 54.6 Å². The van der Waals surface area contributed by atoms with Crippen molar-refractivity contribution >= 4 is 12.0 Å². The molecule has 200 valence electrons. The van der Waals surface area contributed by atoms with Gasteiger partial charge in [0.1, 0.15) is 17.1 Å². The number of amides is 2. The average molecular weight is 509 g/mol. The Hall–Kier alpha value is -3.06. The van der Waals surface area contributed by atoms with E-state index in [0.29, 0.717) is 44.5 Å². The molecule has 7 nitrogen and oxygen atoms in total. The Balaban J connectivity index is 1.49. The van der Waals surface area contributed by atoms with Crippen molar-refractivity contribution in [3.05, 3.63) is 60.2 Å². The molecule has 2 N–H and O–H groups in total. The number of para-hydroxylation sites is 1. The van der Waals surface area contributed by atoms with Crippen molar-refractivity contribution in [3.63, 3.8) is 0 Å². The molecule has 1 saturated carbocycles. The largest absolute Gasteiger partial charge is 0.457 e. The number of carbonyl (C=O) groups is 2. The molecule has 1 saturated heterocycles. The highest BCUT2D eigenvalue weighted by Gasteiger charge is 2.45. The van der Waals surface area contributed by atoms with E-state index in [1.807, 2.05) is 80.3 Å². The SMILES string of the molecule is CC(C)(C)OC(=O)NC1CCN(C(=O)C(c2cccc(Oc3ccccc3)c2)C2(O)CCCCC2)CC1. The lowest BCUT2D eigenvalue weighted by Gasteiger charge is -2.42. The fraction of sp³-hybridized carbons (Fsp3) is 0.533. The highest BCUT2D eigenvalue weighted by atomic mass is 16.6. The monoisotopic (exact) mass is 508 g/mol. The quantitative estimate of drug-likeness (QED) is 0.517. The second-order valence-corrected chi connectivity index (χ2v) is 11.3. The number of benzene rings is 2. The van der Waals surface area contributed by atoms with Gasteiger partial charge in [0.05, 0.1) is 11.5 Å². The normalized spacial score (nSPS) is 19.1. The Morgan fingerprint density at radius 1 is 0.973 bits per heavy atom. The van der Waals surface area contributed by atoms with E-state index in [2.05, 4.69) is 5.32 Å². The number of hydrogen-bond acceptors (Lipinski definition) is 5. The van der Waals surface area contributed by atoms with Crippen molar-refractivity contribution in [3.8, 4) is 11.5 Å². The first-order chi connectivity index (χ1) is 17.6. The number of carbonyl (C=O) groups excluding carboxylic acids is 2. The Kier molecular flexibility index (Phi) is 8.42. The summed E-state index contributed by atoms with van der Waals surface area (Å²) in [5.74, 6) is 0.638. The molecule has 1 atom stereocenters. The molecule has 2 aromatic rings. The van der Waals surface area contributed by atoms with E-state index in [1.165, 1.54) is 0 Å². The van der Waals surface area contributed by atoms with Gasteiger partial charge in [0.25, 0.3) is 0 Å². The van der Waals surface area contributed by atoms with Crippen LogP contribution in [0, 0.1) is 0 Å². The molecule has 7 heteroatoms. The summed E-state index contributed by atoms with van der Waals surface area (Å²) >= 11 is 0. The molecule has 1 aliphatic heterocycles. The zero-order valence-electron chi connectivity index (χ0n) is 22.2. The zero-order valence-corrected chi connectivity index (χ0v) is 22.2. The minimum Gasteiger partial charge on any atom is -0.457 e. The van der Waals surface area contributed by atoms with Crippen LogP contribution in [0.2, 0.25) is 0 Å². The van der Waals surface area contributed by atoms with E-state index in [9.17, 15) is 14.7 Å². The molecule has 2 aliphatic rings. The van der Waals surface area contributed by atoms with Gasteiger partial charge < -0.3 is 24.8 Å². The molecule has 2 aromatic carbocycles. The molecule has 0 aromatic heterocycles. The Morgan fingerprint density at radius 2 is 1.62 bits per heavy atom. The van der Waals surface area contributed by atoms with E-state index >= 15 is 0 Å². The minimum atomic E-state index is -1.09. The summed E-state index contributed by atoms with van der Waals surface area (Å²) in [6.45, 7) is 6.55. The van der Waals surface area contributed by atoms with Crippen LogP contribution in [-0.4, -0.2) is 52.3 Å². The zero-order chi connectivity index (χ0) is 26.5. The first-order valence-electron chi connectivity index (χ1n) is 13.5. The van der Waals surface area contributed by atoms with Gasteiger partial charge in [-0.3, -0.25) is 4.79 Å². The van der Waals surface area contributed by atoms with Crippen LogP contribution in [0.4, 0.5) is 4.79 Å². The number of nitrogens with zero attached hydrogens (tertiary/aromatic N) is 1. The highest BCUT2D eigenvalue weighted by molar-refractivity contribution is 5.85. The Morgan fingerprint density at radius 3 is 2.27 bits per heavy atom. The second-order valence-electron chi connectivity index (χ2n) is 11.3. The van der Waals surface area contributed by atoms with Crippen LogP contribution in [0.25, 0.3) is 0 Å². The fourth-order valence-corrected chi connectivity index (χ4v) is 5.42. The first kappa shape index (κ1) is 27.0. The molecule has 0 radical (unpaired) electrons. The standard InChI is InChI=1S/C30H40N2O5/c1-29(2,3)37-28(34)31-23-15-19-32(20-16-23)27(33)26(30(35)17-8-5-9-18-30)22-11-10-14-25(21-22)36-24-12-6-4-7-13-24/h4,6-7,10-14,21,23,26,35H,5,8-9,15-20H2,1-3H3,(H,31,34). The molecule has 0 bridgehead atoms. The van der Waals surface area contributed by atoms with E-state index in [-0.39, 0.29) is 11.9 Å². The maximum absolute atomic E-state index is 14.0. The summed E-state index contributed by atoms with van der Waals surface area (Å²) in [4.78, 5) is 28.0. The second kappa shape index (κ2) is 11.5. The van der Waals surface area contributed by atoms with Crippen molar-refractivity contribution < 1.29 is 24.2 Å². The van der Waals surface area contributed by atoms with Gasteiger partial charge in [-0.1, -0.05) is 49.6 Å². The lowest BCUT2D eigenvalue weighted by atomic mass is 9.72. The lowest BCUT2D eigenvalue weighted by Crippen LogP contribution is -2.52. The molecule has 0 spiro atoms. The van der Waals surface area contributed by atoms with Gasteiger partial charge in [-0.25, -0.2) is 4.79 Å². The number of alkyl carbamates (subject to hydrolysis) is 1. The number of hydrogen-bond donors (Lipinski definition) is 2. The summed E-state index contributed by atoms with van der Waals surface area (Å²) in [5.41, 5.74) is -0.870. The maximum atomic E-state index is 14.0. The van der Waals surface area contributed by atoms with Crippen LogP contribution >= 0.6 is 0 Å². The number of piperidine rings is 1. The van der Waals surface area contributed by atoms with Crippen molar-refractivity contribution in [1.82, 2.24) is 10.2 Å². The van der Waals surface area contributed by atoms with Crippen LogP contribution in [0.5, 0.6) is 11.5 Å². The summed E-state index contributed by atoms with van der Waals surface area (Å²) < 4.78 is 11.4. The Bertz CT molecular complexity index is 1050. The van der Waals surface area contributed by atoms with Crippen LogP contribution in [-0.2, 0) is 9.53 Å². The minimum absolute atomic E-state index is 0.0438. The molecule has 1 aliphatic carbocycles. The number of likely N-dealkylation sites (tertiary alicyclic amines) is 1. The van der Waals surface area contributed by atoms with E-state index in [1.54, 1.807) is 0 Å². The highest BCUT2D eigenvalue weighted by Crippen LogP contribution is 2.42. The molecule has 1 heterocycles. The molecular formula is C30H40N2O5. The third kappa shape index (κ3) is 7.25. The van der Waals surface area contributed by atoms with Gasteiger partial charge in [-0.2, -0.15) is 0 Å². The molecule has 4 rings (SSSR count). The van der Waals surface area contributed by atoms with E-state index < -0.39 is 23.2 Å². The van der Waals surface area contributed by atoms with Crippen molar-refractivity contribution in [1.29, 1.82) is 0 Å². The molecule has 2 amide bonds. The number of ether oxygens (including phenoxy) is 2. The van der Waals surface area contributed by atoms with Crippen molar-refractivity contribution in [2.24, 2.45) is 0 Å². The van der Waals surface area contributed by atoms with Crippen LogP contribution in [0.3, 0.4) is 0 Å². The van der Waals surface area contributed by atoms with Gasteiger partial charge in [0, 0.05) is 19.1 Å². The van der Waals surface area contributed by atoms with E-state index in [0.717, 1.165) is 30.6 Å². The Labute approximate surface area is 220 Å². The fourth-order valence-electron chi connectivity index (χ4n) is 5.42. The van der Waals surface area contributed by atoms with Gasteiger partial charge in [-0.15, -0.1) is 0 Å². The molecule has 37 heavy (non-hydrogen) atoms. The third-order valence-electron chi connectivity index (χ3n) is 7.20. The topological polar surface area (TPSA) is 88.1 Å². The molecule has 1 unspecified atom stereocenters. The summed E-state index contributed by atoms with van der Waals surface area (Å²) in [5, 5.41) is 14.7. The molecular weight excluding hydrogens is 468 g/mol.